The van der Waals surface area contributed by atoms with Crippen LogP contribution in [0.4, 0.5) is 5.69 Å². The average molecular weight is 298 g/mol. The van der Waals surface area contributed by atoms with Gasteiger partial charge in [0, 0.05) is 24.3 Å². The van der Waals surface area contributed by atoms with Gasteiger partial charge in [0.05, 0.1) is 0 Å². The van der Waals surface area contributed by atoms with Crippen molar-refractivity contribution in [2.45, 2.75) is 20.3 Å². The molecule has 0 aliphatic carbocycles. The van der Waals surface area contributed by atoms with E-state index in [9.17, 15) is 4.79 Å². The first-order valence-electron chi connectivity index (χ1n) is 7.78. The minimum atomic E-state index is -0.0138. The third-order valence-electron chi connectivity index (χ3n) is 4.17. The number of hydrogen-bond acceptors (Lipinski definition) is 3. The van der Waals surface area contributed by atoms with E-state index < -0.39 is 0 Å². The lowest BCUT2D eigenvalue weighted by Crippen LogP contribution is -2.42. The van der Waals surface area contributed by atoms with Crippen LogP contribution in [0.5, 0.6) is 0 Å². The summed E-state index contributed by atoms with van der Waals surface area (Å²) >= 11 is 0. The number of furan rings is 1. The summed E-state index contributed by atoms with van der Waals surface area (Å²) in [5, 5.41) is 0. The van der Waals surface area contributed by atoms with Crippen LogP contribution in [0.15, 0.2) is 40.8 Å². The number of anilines is 1. The molecule has 0 saturated carbocycles. The van der Waals surface area contributed by atoms with Crippen LogP contribution in [0, 0.1) is 11.8 Å². The fourth-order valence-corrected chi connectivity index (χ4v) is 3.24. The van der Waals surface area contributed by atoms with Crippen LogP contribution in [0.1, 0.15) is 30.8 Å². The van der Waals surface area contributed by atoms with Crippen molar-refractivity contribution in [3.8, 4) is 11.3 Å². The lowest BCUT2D eigenvalue weighted by molar-refractivity contribution is 0.0592. The Morgan fingerprint density at radius 2 is 1.73 bits per heavy atom. The lowest BCUT2D eigenvalue weighted by Gasteiger charge is -2.34. The Morgan fingerprint density at radius 3 is 2.36 bits per heavy atom. The monoisotopic (exact) mass is 298 g/mol. The van der Waals surface area contributed by atoms with Crippen molar-refractivity contribution >= 4 is 11.6 Å². The first-order chi connectivity index (χ1) is 10.5. The molecule has 1 aliphatic rings. The van der Waals surface area contributed by atoms with Crippen LogP contribution >= 0.6 is 0 Å². The molecule has 1 fully saturated rings. The summed E-state index contributed by atoms with van der Waals surface area (Å²) in [5.74, 6) is 2.17. The zero-order valence-corrected chi connectivity index (χ0v) is 13.1. The molecule has 4 nitrogen and oxygen atoms in total. The molecular weight excluding hydrogens is 276 g/mol. The normalized spacial score (nSPS) is 21.8. The van der Waals surface area contributed by atoms with Crippen molar-refractivity contribution in [2.24, 2.45) is 11.8 Å². The van der Waals surface area contributed by atoms with Gasteiger partial charge in [0.1, 0.15) is 5.76 Å². The Labute approximate surface area is 130 Å². The molecule has 1 aromatic heterocycles. The minimum absolute atomic E-state index is 0.0138. The fourth-order valence-electron chi connectivity index (χ4n) is 3.24. The van der Waals surface area contributed by atoms with Gasteiger partial charge in [-0.1, -0.05) is 13.8 Å². The quantitative estimate of drug-likeness (QED) is 0.861. The maximum absolute atomic E-state index is 12.6. The van der Waals surface area contributed by atoms with Gasteiger partial charge in [-0.2, -0.15) is 0 Å². The van der Waals surface area contributed by atoms with Gasteiger partial charge >= 0.3 is 0 Å². The SMILES string of the molecule is C[C@@H]1C[C@@H](C)CN(C(=O)c2ccc(-c3ccc(N)cc3)o2)C1. The standard InChI is InChI=1S/C18H22N2O2/c1-12-9-13(2)11-20(10-12)18(21)17-8-7-16(22-17)14-3-5-15(19)6-4-14/h3-8,12-13H,9-11,19H2,1-2H3/t12-,13-/m1/s1. The summed E-state index contributed by atoms with van der Waals surface area (Å²) < 4.78 is 5.76. The second-order valence-corrected chi connectivity index (χ2v) is 6.44. The van der Waals surface area contributed by atoms with Gasteiger partial charge in [-0.25, -0.2) is 0 Å². The summed E-state index contributed by atoms with van der Waals surface area (Å²) in [4.78, 5) is 14.5. The van der Waals surface area contributed by atoms with Crippen molar-refractivity contribution in [3.63, 3.8) is 0 Å². The van der Waals surface area contributed by atoms with Gasteiger partial charge in [-0.05, 0) is 54.7 Å². The van der Waals surface area contributed by atoms with E-state index >= 15 is 0 Å². The van der Waals surface area contributed by atoms with E-state index in [1.807, 2.05) is 35.2 Å². The predicted octanol–water partition coefficient (Wildman–Crippen LogP) is 3.65. The maximum atomic E-state index is 12.6. The number of likely N-dealkylation sites (tertiary alicyclic amines) is 1. The molecule has 1 amide bonds. The summed E-state index contributed by atoms with van der Waals surface area (Å²) in [6.45, 7) is 6.00. The Kier molecular flexibility index (Phi) is 3.92. The third kappa shape index (κ3) is 3.01. The Morgan fingerprint density at radius 1 is 1.09 bits per heavy atom. The highest BCUT2D eigenvalue weighted by molar-refractivity contribution is 5.92. The molecule has 2 N–H and O–H groups in total. The molecule has 2 atom stereocenters. The van der Waals surface area contributed by atoms with Gasteiger partial charge < -0.3 is 15.1 Å². The lowest BCUT2D eigenvalue weighted by atomic mass is 9.92. The molecule has 116 valence electrons. The topological polar surface area (TPSA) is 59.5 Å². The number of rotatable bonds is 2. The third-order valence-corrected chi connectivity index (χ3v) is 4.17. The number of carbonyl (C=O) groups excluding carboxylic acids is 1. The summed E-state index contributed by atoms with van der Waals surface area (Å²) in [7, 11) is 0. The van der Waals surface area contributed by atoms with Crippen molar-refractivity contribution in [3.05, 3.63) is 42.2 Å². The molecule has 0 unspecified atom stereocenters. The highest BCUT2D eigenvalue weighted by Gasteiger charge is 2.27. The van der Waals surface area contributed by atoms with Gasteiger partial charge in [-0.3, -0.25) is 4.79 Å². The second kappa shape index (κ2) is 5.87. The number of amides is 1. The van der Waals surface area contributed by atoms with Crippen LogP contribution in [-0.4, -0.2) is 23.9 Å². The van der Waals surface area contributed by atoms with Gasteiger partial charge in [-0.15, -0.1) is 0 Å². The van der Waals surface area contributed by atoms with Crippen LogP contribution < -0.4 is 5.73 Å². The average Bonchev–Trinajstić information content (AvgIpc) is 2.96. The van der Waals surface area contributed by atoms with Crippen molar-refractivity contribution in [1.82, 2.24) is 4.90 Å². The molecule has 22 heavy (non-hydrogen) atoms. The highest BCUT2D eigenvalue weighted by Crippen LogP contribution is 2.26. The number of piperidine rings is 1. The number of nitrogens with zero attached hydrogens (tertiary/aromatic N) is 1. The zero-order valence-electron chi connectivity index (χ0n) is 13.1. The van der Waals surface area contributed by atoms with Crippen molar-refractivity contribution in [1.29, 1.82) is 0 Å². The second-order valence-electron chi connectivity index (χ2n) is 6.44. The Balaban J connectivity index is 1.78. The van der Waals surface area contributed by atoms with Gasteiger partial charge in [0.2, 0.25) is 0 Å². The molecular formula is C18H22N2O2. The maximum Gasteiger partial charge on any atom is 0.289 e. The van der Waals surface area contributed by atoms with E-state index in [0.29, 0.717) is 29.0 Å². The van der Waals surface area contributed by atoms with Crippen LogP contribution in [0.2, 0.25) is 0 Å². The van der Waals surface area contributed by atoms with E-state index in [2.05, 4.69) is 13.8 Å². The zero-order chi connectivity index (χ0) is 15.7. The summed E-state index contributed by atoms with van der Waals surface area (Å²) in [6, 6.07) is 11.1. The van der Waals surface area contributed by atoms with Crippen LogP contribution in [0.3, 0.4) is 0 Å². The number of benzene rings is 1. The molecule has 1 aliphatic heterocycles. The number of carbonyl (C=O) groups is 1. The van der Waals surface area contributed by atoms with Crippen molar-refractivity contribution < 1.29 is 9.21 Å². The number of hydrogen-bond donors (Lipinski definition) is 1. The fraction of sp³-hybridized carbons (Fsp3) is 0.389. The van der Waals surface area contributed by atoms with E-state index in [1.54, 1.807) is 6.07 Å². The summed E-state index contributed by atoms with van der Waals surface area (Å²) in [5.41, 5.74) is 7.33. The molecule has 0 bridgehead atoms. The molecule has 0 spiro atoms. The largest absolute Gasteiger partial charge is 0.451 e. The Hall–Kier alpha value is -2.23. The number of nitrogens with two attached hydrogens (primary N) is 1. The first kappa shape index (κ1) is 14.7. The predicted molar refractivity (Wildman–Crippen MR) is 87.4 cm³/mol. The highest BCUT2D eigenvalue weighted by atomic mass is 16.4. The van der Waals surface area contributed by atoms with Gasteiger partial charge in [0.25, 0.3) is 5.91 Å². The number of nitrogen functional groups attached to an aromatic ring is 1. The Bertz CT molecular complexity index is 650. The van der Waals surface area contributed by atoms with Crippen LogP contribution in [0.25, 0.3) is 11.3 Å². The molecule has 4 heteroatoms. The molecule has 1 saturated heterocycles. The van der Waals surface area contributed by atoms with Gasteiger partial charge in [0.15, 0.2) is 5.76 Å². The van der Waals surface area contributed by atoms with E-state index in [0.717, 1.165) is 18.7 Å². The van der Waals surface area contributed by atoms with Crippen molar-refractivity contribution in [2.75, 3.05) is 18.8 Å². The van der Waals surface area contributed by atoms with E-state index in [4.69, 9.17) is 10.2 Å². The first-order valence-corrected chi connectivity index (χ1v) is 7.78. The smallest absolute Gasteiger partial charge is 0.289 e. The molecule has 3 rings (SSSR count). The van der Waals surface area contributed by atoms with E-state index in [1.165, 1.54) is 6.42 Å². The molecule has 0 radical (unpaired) electrons. The van der Waals surface area contributed by atoms with E-state index in [-0.39, 0.29) is 5.91 Å². The minimum Gasteiger partial charge on any atom is -0.451 e. The molecule has 1 aromatic carbocycles. The van der Waals surface area contributed by atoms with Crippen LogP contribution in [-0.2, 0) is 0 Å². The summed E-state index contributed by atoms with van der Waals surface area (Å²) in [6.07, 6.45) is 1.18. The molecule has 2 heterocycles. The molecule has 2 aromatic rings.